The number of ether oxygens (including phenoxy) is 1. The molecule has 22 heavy (non-hydrogen) atoms. The van der Waals surface area contributed by atoms with Crippen LogP contribution in [0.25, 0.3) is 0 Å². The van der Waals surface area contributed by atoms with Gasteiger partial charge in [0.1, 0.15) is 0 Å². The Hall–Kier alpha value is -2.43. The second kappa shape index (κ2) is 8.12. The van der Waals surface area contributed by atoms with Crippen molar-refractivity contribution < 1.29 is 19.1 Å². The van der Waals surface area contributed by atoms with E-state index in [2.05, 4.69) is 0 Å². The molecule has 0 fully saturated rings. The van der Waals surface area contributed by atoms with Gasteiger partial charge >= 0.3 is 5.97 Å². The maximum Gasteiger partial charge on any atom is 0.330 e. The molecule has 0 saturated carbocycles. The lowest BCUT2D eigenvalue weighted by Crippen LogP contribution is -2.38. The highest BCUT2D eigenvalue weighted by Crippen LogP contribution is 2.18. The van der Waals surface area contributed by atoms with Gasteiger partial charge < -0.3 is 4.74 Å². The number of nitrogens with zero attached hydrogens (tertiary/aromatic N) is 1. The predicted octanol–water partition coefficient (Wildman–Crippen LogP) is 2.63. The van der Waals surface area contributed by atoms with Crippen LogP contribution in [0.3, 0.4) is 0 Å². The molecule has 118 valence electrons. The lowest BCUT2D eigenvalue weighted by atomic mass is 10.1. The number of carbonyl (C=O) groups is 3. The first kappa shape index (κ1) is 17.6. The number of carbonyl (C=O) groups excluding carboxylic acids is 3. The number of esters is 1. The van der Waals surface area contributed by atoms with Crippen LogP contribution >= 0.6 is 0 Å². The molecular weight excluding hydrogens is 282 g/mol. The molecule has 5 nitrogen and oxygen atoms in total. The topological polar surface area (TPSA) is 63.7 Å². The van der Waals surface area contributed by atoms with Gasteiger partial charge in [-0.3, -0.25) is 9.59 Å². The number of imide groups is 1. The number of hydrogen-bond donors (Lipinski definition) is 0. The Kier molecular flexibility index (Phi) is 6.50. The molecule has 0 atom stereocenters. The van der Waals surface area contributed by atoms with E-state index in [1.165, 1.54) is 0 Å². The third kappa shape index (κ3) is 4.84. The van der Waals surface area contributed by atoms with Gasteiger partial charge in [0.25, 0.3) is 5.91 Å². The summed E-state index contributed by atoms with van der Waals surface area (Å²) < 4.78 is 4.72. The zero-order valence-corrected chi connectivity index (χ0v) is 13.3. The first-order chi connectivity index (χ1) is 10.4. The van der Waals surface area contributed by atoms with Crippen molar-refractivity contribution in [3.63, 3.8) is 0 Å². The van der Waals surface area contributed by atoms with E-state index in [-0.39, 0.29) is 18.4 Å². The summed E-state index contributed by atoms with van der Waals surface area (Å²) >= 11 is 0. The van der Waals surface area contributed by atoms with E-state index in [1.807, 2.05) is 19.1 Å². The summed E-state index contributed by atoms with van der Waals surface area (Å²) in [6.07, 6.45) is 2.08. The van der Waals surface area contributed by atoms with Crippen molar-refractivity contribution in [2.75, 3.05) is 11.5 Å². The van der Waals surface area contributed by atoms with Gasteiger partial charge in [-0.2, -0.15) is 0 Å². The monoisotopic (exact) mass is 303 g/mol. The number of rotatable bonds is 5. The van der Waals surface area contributed by atoms with E-state index in [0.29, 0.717) is 5.69 Å². The van der Waals surface area contributed by atoms with Gasteiger partial charge in [0.2, 0.25) is 5.91 Å². The summed E-state index contributed by atoms with van der Waals surface area (Å²) in [6.45, 7) is 7.25. The molecule has 0 radical (unpaired) electrons. The Morgan fingerprint density at radius 2 is 1.73 bits per heavy atom. The number of anilines is 1. The highest BCUT2D eigenvalue weighted by atomic mass is 16.5. The zero-order chi connectivity index (χ0) is 16.7. The van der Waals surface area contributed by atoms with Gasteiger partial charge in [-0.15, -0.1) is 0 Å². The van der Waals surface area contributed by atoms with Crippen LogP contribution in [0.2, 0.25) is 0 Å². The summed E-state index contributed by atoms with van der Waals surface area (Å²) in [4.78, 5) is 36.9. The fourth-order valence-corrected chi connectivity index (χ4v) is 1.72. The molecule has 0 N–H and O–H groups in total. The van der Waals surface area contributed by atoms with Crippen molar-refractivity contribution >= 4 is 23.5 Å². The smallest absolute Gasteiger partial charge is 0.330 e. The van der Waals surface area contributed by atoms with Gasteiger partial charge in [-0.05, 0) is 26.0 Å². The van der Waals surface area contributed by atoms with Crippen molar-refractivity contribution in [1.82, 2.24) is 0 Å². The summed E-state index contributed by atoms with van der Waals surface area (Å²) in [7, 11) is 0. The molecular formula is C17H21NO4. The molecule has 1 rings (SSSR count). The van der Waals surface area contributed by atoms with E-state index in [0.717, 1.165) is 22.6 Å². The number of benzene rings is 1. The van der Waals surface area contributed by atoms with Gasteiger partial charge in [-0.1, -0.05) is 31.5 Å². The van der Waals surface area contributed by atoms with Crippen LogP contribution in [-0.2, 0) is 19.1 Å². The summed E-state index contributed by atoms with van der Waals surface area (Å²) in [5.74, 6) is -1.86. The fraction of sp³-hybridized carbons (Fsp3) is 0.353. The maximum absolute atomic E-state index is 12.3. The molecule has 0 spiro atoms. The minimum atomic E-state index is -0.614. The Morgan fingerprint density at radius 3 is 2.23 bits per heavy atom. The van der Waals surface area contributed by atoms with Crippen LogP contribution in [-0.4, -0.2) is 24.4 Å². The van der Waals surface area contributed by atoms with E-state index >= 15 is 0 Å². The zero-order valence-electron chi connectivity index (χ0n) is 13.3. The summed E-state index contributed by atoms with van der Waals surface area (Å²) in [5, 5.41) is 0. The Bertz CT molecular complexity index is 573. The third-order valence-corrected chi connectivity index (χ3v) is 2.88. The van der Waals surface area contributed by atoms with Crippen LogP contribution in [0.1, 0.15) is 26.3 Å². The van der Waals surface area contributed by atoms with Crippen LogP contribution in [0.5, 0.6) is 0 Å². The number of aryl methyl sites for hydroxylation is 1. The molecule has 5 heteroatoms. The first-order valence-electron chi connectivity index (χ1n) is 7.16. The molecule has 0 aliphatic heterocycles. The van der Waals surface area contributed by atoms with Crippen molar-refractivity contribution in [3.8, 4) is 0 Å². The van der Waals surface area contributed by atoms with Crippen LogP contribution in [0.15, 0.2) is 36.4 Å². The Balaban J connectivity index is 3.05. The largest absolute Gasteiger partial charge is 0.463 e. The molecule has 0 aliphatic carbocycles. The van der Waals surface area contributed by atoms with Crippen LogP contribution in [0.4, 0.5) is 5.69 Å². The average Bonchev–Trinajstić information content (AvgIpc) is 2.47. The van der Waals surface area contributed by atoms with Crippen LogP contribution < -0.4 is 4.90 Å². The maximum atomic E-state index is 12.3. The predicted molar refractivity (Wildman–Crippen MR) is 84.3 cm³/mol. The third-order valence-electron chi connectivity index (χ3n) is 2.88. The first-order valence-corrected chi connectivity index (χ1v) is 7.16. The molecule has 0 aromatic heterocycles. The second-order valence-electron chi connectivity index (χ2n) is 5.09. The number of amides is 2. The summed E-state index contributed by atoms with van der Waals surface area (Å²) in [6, 6.07) is 7.04. The normalized spacial score (nSPS) is 10.8. The van der Waals surface area contributed by atoms with Crippen LogP contribution in [0, 0.1) is 12.8 Å². The van der Waals surface area contributed by atoms with Gasteiger partial charge in [0.15, 0.2) is 0 Å². The van der Waals surface area contributed by atoms with E-state index < -0.39 is 11.9 Å². The molecule has 0 unspecified atom stereocenters. The average molecular weight is 303 g/mol. The van der Waals surface area contributed by atoms with Crippen molar-refractivity contribution in [3.05, 3.63) is 42.0 Å². The Morgan fingerprint density at radius 1 is 1.14 bits per heavy atom. The molecule has 2 amide bonds. The van der Waals surface area contributed by atoms with E-state index in [9.17, 15) is 14.4 Å². The molecule has 1 aromatic carbocycles. The minimum Gasteiger partial charge on any atom is -0.463 e. The lowest BCUT2D eigenvalue weighted by molar-refractivity contribution is -0.137. The standard InChI is InChI=1S/C17H21NO4/c1-5-22-16(20)11-10-15(19)18(17(21)12(2)3)14-8-6-13(4)7-9-14/h6-12H,5H2,1-4H3/b11-10-. The SMILES string of the molecule is CCOC(=O)/C=C\C(=O)N(C(=O)C(C)C)c1ccc(C)cc1. The molecule has 0 bridgehead atoms. The van der Waals surface area contributed by atoms with Crippen molar-refractivity contribution in [2.45, 2.75) is 27.7 Å². The lowest BCUT2D eigenvalue weighted by Gasteiger charge is -2.21. The molecule has 0 aliphatic rings. The van der Waals surface area contributed by atoms with Crippen molar-refractivity contribution in [2.24, 2.45) is 5.92 Å². The van der Waals surface area contributed by atoms with E-state index in [1.54, 1.807) is 32.9 Å². The van der Waals surface area contributed by atoms with E-state index in [4.69, 9.17) is 4.74 Å². The quantitative estimate of drug-likeness (QED) is 0.619. The van der Waals surface area contributed by atoms with Gasteiger partial charge in [-0.25, -0.2) is 9.69 Å². The molecule has 0 heterocycles. The van der Waals surface area contributed by atoms with Crippen molar-refractivity contribution in [1.29, 1.82) is 0 Å². The highest BCUT2D eigenvalue weighted by Gasteiger charge is 2.24. The number of hydrogen-bond acceptors (Lipinski definition) is 4. The fourth-order valence-electron chi connectivity index (χ4n) is 1.72. The van der Waals surface area contributed by atoms with Gasteiger partial charge in [0.05, 0.1) is 12.3 Å². The molecule has 1 aromatic rings. The highest BCUT2D eigenvalue weighted by molar-refractivity contribution is 6.19. The molecule has 0 saturated heterocycles. The van der Waals surface area contributed by atoms with Gasteiger partial charge in [0, 0.05) is 18.1 Å². The Labute approximate surface area is 130 Å². The second-order valence-corrected chi connectivity index (χ2v) is 5.09. The summed E-state index contributed by atoms with van der Waals surface area (Å²) in [5.41, 5.74) is 1.50. The minimum absolute atomic E-state index is 0.226.